The molecule has 0 radical (unpaired) electrons. The summed E-state index contributed by atoms with van der Waals surface area (Å²) in [5.41, 5.74) is 8.36. The number of nitrogens with one attached hydrogen (secondary N) is 1. The van der Waals surface area contributed by atoms with E-state index in [-0.39, 0.29) is 0 Å². The van der Waals surface area contributed by atoms with Crippen LogP contribution in [0.3, 0.4) is 0 Å². The van der Waals surface area contributed by atoms with E-state index in [9.17, 15) is 0 Å². The molecule has 160 valence electrons. The van der Waals surface area contributed by atoms with Crippen LogP contribution in [0.15, 0.2) is 12.1 Å². The summed E-state index contributed by atoms with van der Waals surface area (Å²) < 4.78 is 2.14. The predicted octanol–water partition coefficient (Wildman–Crippen LogP) is 5.01. The van der Waals surface area contributed by atoms with Crippen molar-refractivity contribution < 1.29 is 5.11 Å². The Balaban J connectivity index is 0.000000989. The third-order valence-corrected chi connectivity index (χ3v) is 4.95. The molecule has 29 heavy (non-hydrogen) atoms. The highest BCUT2D eigenvalue weighted by Crippen LogP contribution is 2.31. The van der Waals surface area contributed by atoms with Gasteiger partial charge in [0.25, 0.3) is 0 Å². The minimum absolute atomic E-state index is 0.387. The minimum atomic E-state index is 0.387. The second kappa shape index (κ2) is 10.9. The van der Waals surface area contributed by atoms with Crippen LogP contribution in [0, 0.1) is 13.8 Å². The third kappa shape index (κ3) is 4.75. The molecule has 0 saturated carbocycles. The highest BCUT2D eigenvalue weighted by molar-refractivity contribution is 5.83. The second-order valence-corrected chi connectivity index (χ2v) is 6.84. The van der Waals surface area contributed by atoms with E-state index in [0.29, 0.717) is 5.92 Å². The molecular formula is C23H37N5O. The Hall–Kier alpha value is -2.47. The summed E-state index contributed by atoms with van der Waals surface area (Å²) in [4.78, 5) is 14.6. The van der Waals surface area contributed by atoms with Gasteiger partial charge in [0.15, 0.2) is 5.65 Å². The summed E-state index contributed by atoms with van der Waals surface area (Å²) in [5, 5.41) is 10.2. The van der Waals surface area contributed by atoms with Gasteiger partial charge in [-0.15, -0.1) is 0 Å². The van der Waals surface area contributed by atoms with Crippen LogP contribution in [0.1, 0.15) is 63.2 Å². The highest BCUT2D eigenvalue weighted by atomic mass is 16.2. The summed E-state index contributed by atoms with van der Waals surface area (Å²) >= 11 is 0. The lowest BCUT2D eigenvalue weighted by Crippen LogP contribution is -2.04. The number of aliphatic hydroxyl groups is 1. The van der Waals surface area contributed by atoms with Crippen molar-refractivity contribution in [3.8, 4) is 11.3 Å². The van der Waals surface area contributed by atoms with Gasteiger partial charge >= 0.3 is 0 Å². The molecule has 6 heteroatoms. The van der Waals surface area contributed by atoms with E-state index < -0.39 is 0 Å². The Kier molecular flexibility index (Phi) is 9.24. The smallest absolute Gasteiger partial charge is 0.159 e. The van der Waals surface area contributed by atoms with E-state index in [0.717, 1.165) is 53.2 Å². The van der Waals surface area contributed by atoms with Crippen molar-refractivity contribution in [2.45, 2.75) is 60.8 Å². The topological polar surface area (TPSA) is 75.9 Å². The Morgan fingerprint density at radius 1 is 1.07 bits per heavy atom. The normalized spacial score (nSPS) is 10.3. The number of aliphatic hydroxyl groups excluding tert-OH is 1. The van der Waals surface area contributed by atoms with Crippen LogP contribution in [-0.4, -0.2) is 38.8 Å². The molecule has 3 aromatic rings. The van der Waals surface area contributed by atoms with Crippen LogP contribution in [-0.2, 0) is 13.5 Å². The number of fused-ring (bicyclic) bond motifs is 1. The van der Waals surface area contributed by atoms with Crippen molar-refractivity contribution >= 4 is 17.0 Å². The molecule has 0 fully saturated rings. The Bertz CT molecular complexity index is 944. The zero-order valence-corrected chi connectivity index (χ0v) is 19.7. The molecule has 6 nitrogen and oxygen atoms in total. The Morgan fingerprint density at radius 2 is 1.69 bits per heavy atom. The molecule has 3 heterocycles. The summed E-state index contributed by atoms with van der Waals surface area (Å²) in [6.45, 7) is 14.6. The van der Waals surface area contributed by atoms with E-state index >= 15 is 0 Å². The second-order valence-electron chi connectivity index (χ2n) is 6.84. The van der Waals surface area contributed by atoms with Crippen molar-refractivity contribution in [3.05, 3.63) is 34.8 Å². The first kappa shape index (κ1) is 24.6. The largest absolute Gasteiger partial charge is 0.400 e. The van der Waals surface area contributed by atoms with Gasteiger partial charge in [-0.25, -0.2) is 15.0 Å². The lowest BCUT2D eigenvalue weighted by Gasteiger charge is -2.13. The van der Waals surface area contributed by atoms with Crippen molar-refractivity contribution in [2.24, 2.45) is 7.05 Å². The summed E-state index contributed by atoms with van der Waals surface area (Å²) in [7, 11) is 4.96. The molecule has 0 saturated heterocycles. The van der Waals surface area contributed by atoms with Gasteiger partial charge in [0.05, 0.1) is 11.4 Å². The van der Waals surface area contributed by atoms with Gasteiger partial charge in [0.1, 0.15) is 11.3 Å². The number of pyridine rings is 1. The quantitative estimate of drug-likeness (QED) is 0.645. The lowest BCUT2D eigenvalue weighted by atomic mass is 10.1. The maximum Gasteiger partial charge on any atom is 0.159 e. The number of nitrogens with zero attached hydrogens (tertiary/aromatic N) is 4. The van der Waals surface area contributed by atoms with Crippen LogP contribution in [0.5, 0.6) is 0 Å². The maximum atomic E-state index is 7.00. The van der Waals surface area contributed by atoms with E-state index in [1.807, 2.05) is 27.8 Å². The third-order valence-electron chi connectivity index (χ3n) is 4.95. The number of hydrogen-bond acceptors (Lipinski definition) is 5. The van der Waals surface area contributed by atoms with Crippen LogP contribution in [0.2, 0.25) is 0 Å². The van der Waals surface area contributed by atoms with Crippen molar-refractivity contribution in [2.75, 3.05) is 19.5 Å². The Morgan fingerprint density at radius 3 is 2.21 bits per heavy atom. The number of anilines is 1. The zero-order valence-electron chi connectivity index (χ0n) is 19.7. The summed E-state index contributed by atoms with van der Waals surface area (Å²) in [5.74, 6) is 1.24. The molecule has 0 aliphatic carbocycles. The average Bonchev–Trinajstić information content (AvgIpc) is 2.98. The lowest BCUT2D eigenvalue weighted by molar-refractivity contribution is 0.399. The number of rotatable bonds is 4. The molecule has 0 unspecified atom stereocenters. The molecule has 0 spiro atoms. The van der Waals surface area contributed by atoms with Gasteiger partial charge in [-0.3, -0.25) is 0 Å². The molecule has 0 aliphatic rings. The number of hydrogen-bond donors (Lipinski definition) is 2. The number of aromatic nitrogens is 4. The standard InChI is InChI=1S/C20H27N5.C2H6.CH4O/c1-8-14-13(5)25(7)20-18(14)22-12(4)17(24-20)15-9-10-16(11(2)3)23-19(15)21-6;2*1-2/h9-11H,8H2,1-7H3,(H,21,23);1-2H3;2H,1H3. The van der Waals surface area contributed by atoms with Gasteiger partial charge in [0, 0.05) is 43.7 Å². The molecule has 2 N–H and O–H groups in total. The fourth-order valence-electron chi connectivity index (χ4n) is 3.34. The maximum absolute atomic E-state index is 7.00. The van der Waals surface area contributed by atoms with Gasteiger partial charge in [-0.1, -0.05) is 34.6 Å². The minimum Gasteiger partial charge on any atom is -0.400 e. The van der Waals surface area contributed by atoms with Gasteiger partial charge < -0.3 is 15.0 Å². The van der Waals surface area contributed by atoms with E-state index in [1.54, 1.807) is 0 Å². The molecule has 3 aromatic heterocycles. The van der Waals surface area contributed by atoms with Crippen molar-refractivity contribution in [1.82, 2.24) is 19.5 Å². The van der Waals surface area contributed by atoms with Crippen LogP contribution in [0.4, 0.5) is 5.82 Å². The Labute approximate surface area is 175 Å². The van der Waals surface area contributed by atoms with Crippen LogP contribution >= 0.6 is 0 Å². The molecule has 0 aromatic carbocycles. The van der Waals surface area contributed by atoms with Crippen molar-refractivity contribution in [1.29, 1.82) is 0 Å². The first-order chi connectivity index (χ1) is 13.9. The molecule has 3 rings (SSSR count). The first-order valence-electron chi connectivity index (χ1n) is 10.3. The van der Waals surface area contributed by atoms with Gasteiger partial charge in [0.2, 0.25) is 0 Å². The highest BCUT2D eigenvalue weighted by Gasteiger charge is 2.18. The fourth-order valence-corrected chi connectivity index (χ4v) is 3.34. The average molecular weight is 400 g/mol. The van der Waals surface area contributed by atoms with Crippen LogP contribution in [0.25, 0.3) is 22.4 Å². The molecule has 0 atom stereocenters. The molecule has 0 aliphatic heterocycles. The predicted molar refractivity (Wildman–Crippen MR) is 124 cm³/mol. The first-order valence-corrected chi connectivity index (χ1v) is 10.3. The van der Waals surface area contributed by atoms with E-state index in [1.165, 1.54) is 11.3 Å². The fraction of sp³-hybridized carbons (Fsp3) is 0.522. The SMILES string of the molecule is CC.CCc1c(C)n(C)c2nc(-c3ccc(C(C)C)nc3NC)c(C)nc12.CO. The van der Waals surface area contributed by atoms with Crippen molar-refractivity contribution in [3.63, 3.8) is 0 Å². The van der Waals surface area contributed by atoms with E-state index in [4.69, 9.17) is 20.1 Å². The number of aryl methyl sites for hydroxylation is 3. The van der Waals surface area contributed by atoms with E-state index in [2.05, 4.69) is 56.8 Å². The van der Waals surface area contributed by atoms with Gasteiger partial charge in [-0.05, 0) is 38.3 Å². The van der Waals surface area contributed by atoms with Crippen LogP contribution < -0.4 is 5.32 Å². The summed E-state index contributed by atoms with van der Waals surface area (Å²) in [6.07, 6.45) is 0.961. The molecular weight excluding hydrogens is 362 g/mol. The van der Waals surface area contributed by atoms with Gasteiger partial charge in [-0.2, -0.15) is 0 Å². The monoisotopic (exact) mass is 399 g/mol. The molecule has 0 amide bonds. The summed E-state index contributed by atoms with van der Waals surface area (Å²) in [6, 6.07) is 4.19. The molecule has 0 bridgehead atoms. The zero-order chi connectivity index (χ0) is 22.3.